The van der Waals surface area contributed by atoms with Crippen LogP contribution in [0.1, 0.15) is 25.3 Å². The van der Waals surface area contributed by atoms with Crippen molar-refractivity contribution in [2.75, 3.05) is 13.1 Å². The number of benzene rings is 1. The van der Waals surface area contributed by atoms with Crippen LogP contribution in [0.5, 0.6) is 0 Å². The van der Waals surface area contributed by atoms with Crippen molar-refractivity contribution in [3.05, 3.63) is 35.6 Å². The molecule has 2 N–H and O–H groups in total. The lowest BCUT2D eigenvalue weighted by Crippen LogP contribution is -2.45. The van der Waals surface area contributed by atoms with Gasteiger partial charge >= 0.3 is 0 Å². The van der Waals surface area contributed by atoms with Crippen LogP contribution in [0.2, 0.25) is 0 Å². The van der Waals surface area contributed by atoms with Crippen molar-refractivity contribution in [2.45, 2.75) is 31.8 Å². The zero-order chi connectivity index (χ0) is 12.3. The predicted molar refractivity (Wildman–Crippen MR) is 66.3 cm³/mol. The monoisotopic (exact) mass is 237 g/mol. The van der Waals surface area contributed by atoms with Crippen molar-refractivity contribution >= 4 is 0 Å². The largest absolute Gasteiger partial charge is 0.389 e. The van der Waals surface area contributed by atoms with Gasteiger partial charge in [-0.25, -0.2) is 4.39 Å². The summed E-state index contributed by atoms with van der Waals surface area (Å²) in [6.07, 6.45) is 2.65. The van der Waals surface area contributed by atoms with Crippen LogP contribution in [-0.4, -0.2) is 23.8 Å². The molecule has 1 aliphatic rings. The van der Waals surface area contributed by atoms with E-state index in [2.05, 4.69) is 5.32 Å². The molecule has 3 heteroatoms. The summed E-state index contributed by atoms with van der Waals surface area (Å²) in [4.78, 5) is 0. The molecular formula is C14H20FNO. The van der Waals surface area contributed by atoms with Gasteiger partial charge < -0.3 is 10.4 Å². The smallest absolute Gasteiger partial charge is 0.123 e. The predicted octanol–water partition coefficient (Wildman–Crippen LogP) is 2.12. The maximum absolute atomic E-state index is 13.1. The second-order valence-electron chi connectivity index (χ2n) is 5.21. The molecule has 2 nitrogen and oxygen atoms in total. The average Bonchev–Trinajstić information content (AvgIpc) is 2.29. The van der Waals surface area contributed by atoms with Crippen molar-refractivity contribution in [1.82, 2.24) is 5.32 Å². The summed E-state index contributed by atoms with van der Waals surface area (Å²) in [7, 11) is 0. The average molecular weight is 237 g/mol. The van der Waals surface area contributed by atoms with Crippen molar-refractivity contribution in [1.29, 1.82) is 0 Å². The Bertz CT molecular complexity index is 372. The van der Waals surface area contributed by atoms with Gasteiger partial charge in [0.2, 0.25) is 0 Å². The van der Waals surface area contributed by atoms with Crippen molar-refractivity contribution in [3.8, 4) is 0 Å². The first kappa shape index (κ1) is 12.5. The lowest BCUT2D eigenvalue weighted by atomic mass is 9.79. The van der Waals surface area contributed by atoms with Crippen LogP contribution in [0.15, 0.2) is 24.3 Å². The third-order valence-electron chi connectivity index (χ3n) is 3.63. The molecule has 0 bridgehead atoms. The summed E-state index contributed by atoms with van der Waals surface area (Å²) in [5.74, 6) is 0.0135. The number of hydrogen-bond donors (Lipinski definition) is 2. The number of aliphatic hydroxyl groups is 1. The number of nitrogens with one attached hydrogen (secondary N) is 1. The zero-order valence-corrected chi connectivity index (χ0v) is 10.2. The highest BCUT2D eigenvalue weighted by molar-refractivity contribution is 5.18. The van der Waals surface area contributed by atoms with Gasteiger partial charge in [0.15, 0.2) is 0 Å². The van der Waals surface area contributed by atoms with Crippen LogP contribution >= 0.6 is 0 Å². The maximum Gasteiger partial charge on any atom is 0.123 e. The quantitative estimate of drug-likeness (QED) is 0.844. The Hall–Kier alpha value is -0.930. The molecule has 1 saturated heterocycles. The molecule has 0 aromatic heterocycles. The molecule has 94 valence electrons. The molecule has 1 aliphatic heterocycles. The van der Waals surface area contributed by atoms with Crippen LogP contribution < -0.4 is 5.32 Å². The van der Waals surface area contributed by atoms with Crippen LogP contribution in [0.25, 0.3) is 0 Å². The van der Waals surface area contributed by atoms with Crippen LogP contribution in [0.4, 0.5) is 4.39 Å². The van der Waals surface area contributed by atoms with Gasteiger partial charge in [-0.2, -0.15) is 0 Å². The van der Waals surface area contributed by atoms with E-state index in [1.165, 1.54) is 12.1 Å². The Labute approximate surface area is 102 Å². The molecule has 0 spiro atoms. The first-order valence-electron chi connectivity index (χ1n) is 6.25. The second kappa shape index (κ2) is 5.15. The van der Waals surface area contributed by atoms with Gasteiger partial charge in [0, 0.05) is 18.9 Å². The summed E-state index contributed by atoms with van der Waals surface area (Å²) in [6.45, 7) is 3.74. The van der Waals surface area contributed by atoms with E-state index in [1.807, 2.05) is 13.0 Å². The SMILES string of the molecule is CC(O)(Cc1cccc(F)c1)C1CCCNC1. The number of piperidine rings is 1. The normalized spacial score (nSPS) is 24.3. The first-order valence-corrected chi connectivity index (χ1v) is 6.25. The Morgan fingerprint density at radius 3 is 3.00 bits per heavy atom. The van der Waals surface area contributed by atoms with E-state index in [-0.39, 0.29) is 11.7 Å². The zero-order valence-electron chi connectivity index (χ0n) is 10.2. The fraction of sp³-hybridized carbons (Fsp3) is 0.571. The molecule has 0 saturated carbocycles. The molecular weight excluding hydrogens is 217 g/mol. The minimum atomic E-state index is -0.763. The van der Waals surface area contributed by atoms with E-state index in [1.54, 1.807) is 6.07 Å². The molecule has 1 heterocycles. The molecule has 0 radical (unpaired) electrons. The molecule has 17 heavy (non-hydrogen) atoms. The molecule has 2 rings (SSSR count). The molecule has 1 fully saturated rings. The van der Waals surface area contributed by atoms with Gasteiger partial charge in [-0.05, 0) is 44.0 Å². The highest BCUT2D eigenvalue weighted by Crippen LogP contribution is 2.27. The summed E-state index contributed by atoms with van der Waals surface area (Å²) in [6, 6.07) is 6.50. The maximum atomic E-state index is 13.1. The molecule has 1 aromatic carbocycles. The molecule has 0 amide bonds. The van der Waals surface area contributed by atoms with Gasteiger partial charge in [0.1, 0.15) is 5.82 Å². The van der Waals surface area contributed by atoms with Crippen LogP contribution in [0, 0.1) is 11.7 Å². The van der Waals surface area contributed by atoms with Gasteiger partial charge in [-0.1, -0.05) is 12.1 Å². The Morgan fingerprint density at radius 1 is 1.53 bits per heavy atom. The molecule has 0 aliphatic carbocycles. The molecule has 2 unspecified atom stereocenters. The highest BCUT2D eigenvalue weighted by atomic mass is 19.1. The van der Waals surface area contributed by atoms with Gasteiger partial charge in [0.05, 0.1) is 5.60 Å². The third-order valence-corrected chi connectivity index (χ3v) is 3.63. The van der Waals surface area contributed by atoms with Gasteiger partial charge in [0.25, 0.3) is 0 Å². The summed E-state index contributed by atoms with van der Waals surface area (Å²) < 4.78 is 13.1. The standard InChI is InChI=1S/C14H20FNO/c1-14(17,12-5-3-7-16-10-12)9-11-4-2-6-13(15)8-11/h2,4,6,8,12,16-17H,3,5,7,9-10H2,1H3. The second-order valence-corrected chi connectivity index (χ2v) is 5.21. The summed E-state index contributed by atoms with van der Waals surface area (Å²) >= 11 is 0. The topological polar surface area (TPSA) is 32.3 Å². The summed E-state index contributed by atoms with van der Waals surface area (Å²) in [5.41, 5.74) is 0.0990. The van der Waals surface area contributed by atoms with E-state index in [0.29, 0.717) is 6.42 Å². The van der Waals surface area contributed by atoms with Crippen LogP contribution in [0.3, 0.4) is 0 Å². The fourth-order valence-electron chi connectivity index (χ4n) is 2.59. The number of halogens is 1. The first-order chi connectivity index (χ1) is 8.08. The van der Waals surface area contributed by atoms with Crippen LogP contribution in [-0.2, 0) is 6.42 Å². The van der Waals surface area contributed by atoms with E-state index in [0.717, 1.165) is 31.5 Å². The van der Waals surface area contributed by atoms with E-state index in [9.17, 15) is 9.50 Å². The molecule has 2 atom stereocenters. The fourth-order valence-corrected chi connectivity index (χ4v) is 2.59. The van der Waals surface area contributed by atoms with Crippen molar-refractivity contribution < 1.29 is 9.50 Å². The Kier molecular flexibility index (Phi) is 3.79. The number of rotatable bonds is 3. The lowest BCUT2D eigenvalue weighted by Gasteiger charge is -2.36. The van der Waals surface area contributed by atoms with Crippen molar-refractivity contribution in [3.63, 3.8) is 0 Å². The number of hydrogen-bond acceptors (Lipinski definition) is 2. The highest BCUT2D eigenvalue weighted by Gasteiger charge is 2.32. The van der Waals surface area contributed by atoms with Crippen molar-refractivity contribution in [2.24, 2.45) is 5.92 Å². The lowest BCUT2D eigenvalue weighted by molar-refractivity contribution is -0.0102. The third kappa shape index (κ3) is 3.27. The van der Waals surface area contributed by atoms with E-state index >= 15 is 0 Å². The minimum absolute atomic E-state index is 0.236. The van der Waals surface area contributed by atoms with Gasteiger partial charge in [-0.3, -0.25) is 0 Å². The minimum Gasteiger partial charge on any atom is -0.389 e. The Balaban J connectivity index is 2.05. The Morgan fingerprint density at radius 2 is 2.35 bits per heavy atom. The molecule has 1 aromatic rings. The van der Waals surface area contributed by atoms with E-state index < -0.39 is 5.60 Å². The van der Waals surface area contributed by atoms with E-state index in [4.69, 9.17) is 0 Å². The summed E-state index contributed by atoms with van der Waals surface area (Å²) in [5, 5.41) is 13.8. The van der Waals surface area contributed by atoms with Gasteiger partial charge in [-0.15, -0.1) is 0 Å².